The van der Waals surface area contributed by atoms with Crippen LogP contribution in [0.1, 0.15) is 22.2 Å². The first-order chi connectivity index (χ1) is 14.7. The SMILES string of the molecule is Cc1ccc(CNc2ccc3c(c2)C=CC(C)(CN(C)S(=O)(=O)c2ccccc2)O3)s1. The van der Waals surface area contributed by atoms with E-state index in [2.05, 4.69) is 30.4 Å². The highest BCUT2D eigenvalue weighted by Crippen LogP contribution is 2.34. The minimum Gasteiger partial charge on any atom is -0.481 e. The smallest absolute Gasteiger partial charge is 0.242 e. The van der Waals surface area contributed by atoms with Gasteiger partial charge in [-0.15, -0.1) is 11.3 Å². The fourth-order valence-corrected chi connectivity index (χ4v) is 5.70. The van der Waals surface area contributed by atoms with Gasteiger partial charge in [0.15, 0.2) is 0 Å². The number of fused-ring (bicyclic) bond motifs is 1. The molecule has 0 fully saturated rings. The molecule has 0 saturated carbocycles. The third-order valence-corrected chi connectivity index (χ3v) is 8.04. The Morgan fingerprint density at radius 2 is 1.87 bits per heavy atom. The number of nitrogens with zero attached hydrogens (tertiary/aromatic N) is 1. The van der Waals surface area contributed by atoms with Crippen molar-refractivity contribution in [2.75, 3.05) is 18.9 Å². The van der Waals surface area contributed by atoms with E-state index in [9.17, 15) is 8.42 Å². The molecule has 2 aromatic carbocycles. The van der Waals surface area contributed by atoms with Gasteiger partial charge < -0.3 is 10.1 Å². The average Bonchev–Trinajstić information content (AvgIpc) is 3.17. The van der Waals surface area contributed by atoms with Crippen LogP contribution in [0.3, 0.4) is 0 Å². The van der Waals surface area contributed by atoms with Crippen molar-refractivity contribution in [1.29, 1.82) is 0 Å². The van der Waals surface area contributed by atoms with Crippen molar-refractivity contribution in [3.63, 3.8) is 0 Å². The summed E-state index contributed by atoms with van der Waals surface area (Å²) in [7, 11) is -2.00. The maximum Gasteiger partial charge on any atom is 0.242 e. The van der Waals surface area contributed by atoms with Crippen molar-refractivity contribution >= 4 is 33.1 Å². The summed E-state index contributed by atoms with van der Waals surface area (Å²) in [6, 6.07) is 18.7. The summed E-state index contributed by atoms with van der Waals surface area (Å²) >= 11 is 1.79. The zero-order valence-corrected chi connectivity index (χ0v) is 19.5. The quantitative estimate of drug-likeness (QED) is 0.536. The molecule has 4 rings (SSSR count). The first kappa shape index (κ1) is 21.6. The Morgan fingerprint density at radius 1 is 1.10 bits per heavy atom. The van der Waals surface area contributed by atoms with Gasteiger partial charge in [0.2, 0.25) is 10.0 Å². The van der Waals surface area contributed by atoms with Gasteiger partial charge in [-0.1, -0.05) is 24.3 Å². The van der Waals surface area contributed by atoms with Gasteiger partial charge in [-0.05, 0) is 62.4 Å². The Balaban J connectivity index is 1.45. The van der Waals surface area contributed by atoms with Gasteiger partial charge in [0.05, 0.1) is 11.4 Å². The lowest BCUT2D eigenvalue weighted by Gasteiger charge is -2.34. The molecule has 1 N–H and O–H groups in total. The second-order valence-electron chi connectivity index (χ2n) is 7.94. The summed E-state index contributed by atoms with van der Waals surface area (Å²) in [5, 5.41) is 3.45. The molecule has 1 aliphatic rings. The highest BCUT2D eigenvalue weighted by Gasteiger charge is 2.33. The minimum absolute atomic E-state index is 0.206. The molecular formula is C24H26N2O3S2. The predicted molar refractivity (Wildman–Crippen MR) is 127 cm³/mol. The van der Waals surface area contributed by atoms with E-state index in [0.717, 1.165) is 23.5 Å². The van der Waals surface area contributed by atoms with Crippen LogP contribution >= 0.6 is 11.3 Å². The molecule has 0 radical (unpaired) electrons. The zero-order chi connectivity index (χ0) is 22.1. The maximum absolute atomic E-state index is 12.9. The Labute approximate surface area is 188 Å². The highest BCUT2D eigenvalue weighted by molar-refractivity contribution is 7.89. The van der Waals surface area contributed by atoms with E-state index in [1.807, 2.05) is 31.2 Å². The number of ether oxygens (including phenoxy) is 1. The molecule has 1 unspecified atom stereocenters. The number of anilines is 1. The molecule has 162 valence electrons. The molecule has 0 aliphatic carbocycles. The number of hydrogen-bond donors (Lipinski definition) is 1. The van der Waals surface area contributed by atoms with Crippen LogP contribution in [0.5, 0.6) is 5.75 Å². The van der Waals surface area contributed by atoms with Gasteiger partial charge in [-0.25, -0.2) is 8.42 Å². The number of thiophene rings is 1. The Kier molecular flexibility index (Phi) is 5.92. The number of benzene rings is 2. The number of aryl methyl sites for hydroxylation is 1. The maximum atomic E-state index is 12.9. The lowest BCUT2D eigenvalue weighted by Crippen LogP contribution is -2.45. The molecule has 7 heteroatoms. The van der Waals surface area contributed by atoms with Gasteiger partial charge in [0, 0.05) is 34.6 Å². The lowest BCUT2D eigenvalue weighted by atomic mass is 10.00. The van der Waals surface area contributed by atoms with E-state index in [0.29, 0.717) is 0 Å². The molecule has 1 aliphatic heterocycles. The monoisotopic (exact) mass is 454 g/mol. The minimum atomic E-state index is -3.58. The van der Waals surface area contributed by atoms with Crippen LogP contribution in [0.25, 0.3) is 6.08 Å². The van der Waals surface area contributed by atoms with Crippen LogP contribution in [0.15, 0.2) is 71.6 Å². The van der Waals surface area contributed by atoms with Crippen molar-refractivity contribution < 1.29 is 13.2 Å². The molecule has 1 atom stereocenters. The number of sulfonamides is 1. The van der Waals surface area contributed by atoms with E-state index in [4.69, 9.17) is 4.74 Å². The Bertz CT molecular complexity index is 1200. The molecule has 31 heavy (non-hydrogen) atoms. The number of nitrogens with one attached hydrogen (secondary N) is 1. The third kappa shape index (κ3) is 4.84. The molecule has 5 nitrogen and oxygen atoms in total. The van der Waals surface area contributed by atoms with Crippen LogP contribution in [-0.4, -0.2) is 31.9 Å². The van der Waals surface area contributed by atoms with Crippen molar-refractivity contribution in [2.45, 2.75) is 30.9 Å². The third-order valence-electron chi connectivity index (χ3n) is 5.22. The molecule has 3 aromatic rings. The first-order valence-electron chi connectivity index (χ1n) is 10.1. The van der Waals surface area contributed by atoms with Gasteiger partial charge in [-0.2, -0.15) is 4.31 Å². The fraction of sp³-hybridized carbons (Fsp3) is 0.250. The van der Waals surface area contributed by atoms with Crippen molar-refractivity contribution in [1.82, 2.24) is 4.31 Å². The number of rotatable bonds is 7. The summed E-state index contributed by atoms with van der Waals surface area (Å²) in [6.45, 7) is 4.99. The zero-order valence-electron chi connectivity index (χ0n) is 17.8. The van der Waals surface area contributed by atoms with Gasteiger partial charge in [0.25, 0.3) is 0 Å². The van der Waals surface area contributed by atoms with Crippen LogP contribution < -0.4 is 10.1 Å². The number of hydrogen-bond acceptors (Lipinski definition) is 5. The van der Waals surface area contributed by atoms with Crippen LogP contribution in [-0.2, 0) is 16.6 Å². The fourth-order valence-electron chi connectivity index (χ4n) is 3.59. The molecule has 0 spiro atoms. The Hall–Kier alpha value is -2.61. The molecule has 1 aromatic heterocycles. The van der Waals surface area contributed by atoms with Gasteiger partial charge in [-0.3, -0.25) is 0 Å². The lowest BCUT2D eigenvalue weighted by molar-refractivity contribution is 0.117. The highest BCUT2D eigenvalue weighted by atomic mass is 32.2. The van der Waals surface area contributed by atoms with Crippen LogP contribution in [0.4, 0.5) is 5.69 Å². The van der Waals surface area contributed by atoms with Crippen LogP contribution in [0.2, 0.25) is 0 Å². The second kappa shape index (κ2) is 8.49. The van der Waals surface area contributed by atoms with Crippen molar-refractivity contribution in [3.8, 4) is 5.75 Å². The van der Waals surface area contributed by atoms with Gasteiger partial charge >= 0.3 is 0 Å². The predicted octanol–water partition coefficient (Wildman–Crippen LogP) is 5.15. The van der Waals surface area contributed by atoms with E-state index >= 15 is 0 Å². The molecule has 0 amide bonds. The molecule has 2 heterocycles. The molecule has 0 bridgehead atoms. The second-order valence-corrected chi connectivity index (χ2v) is 11.4. The standard InChI is InChI=1S/C24H26N2O3S2/c1-18-9-11-21(30-18)16-25-20-10-12-23-19(15-20)13-14-24(2,29-23)17-26(3)31(27,28)22-7-5-4-6-8-22/h4-15,25H,16-17H2,1-3H3. The average molecular weight is 455 g/mol. The van der Waals surface area contributed by atoms with E-state index < -0.39 is 15.6 Å². The Morgan fingerprint density at radius 3 is 2.58 bits per heavy atom. The van der Waals surface area contributed by atoms with E-state index in [1.54, 1.807) is 48.7 Å². The first-order valence-corrected chi connectivity index (χ1v) is 12.3. The normalized spacial score (nSPS) is 17.9. The van der Waals surface area contributed by atoms with Crippen molar-refractivity contribution in [3.05, 3.63) is 82.1 Å². The topological polar surface area (TPSA) is 58.6 Å². The number of likely N-dealkylation sites (N-methyl/N-ethyl adjacent to an activating group) is 1. The molecular weight excluding hydrogens is 428 g/mol. The summed E-state index contributed by atoms with van der Waals surface area (Å²) in [4.78, 5) is 2.87. The van der Waals surface area contributed by atoms with E-state index in [1.165, 1.54) is 14.1 Å². The van der Waals surface area contributed by atoms with Crippen LogP contribution in [0, 0.1) is 6.92 Å². The largest absolute Gasteiger partial charge is 0.481 e. The summed E-state index contributed by atoms with van der Waals surface area (Å²) in [5.41, 5.74) is 1.23. The molecule has 0 saturated heterocycles. The van der Waals surface area contributed by atoms with Crippen molar-refractivity contribution in [2.24, 2.45) is 0 Å². The summed E-state index contributed by atoms with van der Waals surface area (Å²) in [6.07, 6.45) is 3.93. The van der Waals surface area contributed by atoms with E-state index in [-0.39, 0.29) is 11.4 Å². The summed E-state index contributed by atoms with van der Waals surface area (Å²) < 4.78 is 33.3. The summed E-state index contributed by atoms with van der Waals surface area (Å²) in [5.74, 6) is 0.744. The van der Waals surface area contributed by atoms with Gasteiger partial charge in [0.1, 0.15) is 11.4 Å².